The van der Waals surface area contributed by atoms with Crippen LogP contribution in [0.3, 0.4) is 0 Å². The standard InChI is InChI=1S/C16H22F2N2/c17-13-6-3-5-12(16(13)18)14(19)10-20-9-8-11-4-1-2-7-15(11)20/h3,5-6,11,14-15H,1-2,4,7-10,19H2. The molecule has 2 fully saturated rings. The molecule has 1 saturated carbocycles. The topological polar surface area (TPSA) is 29.3 Å². The molecular weight excluding hydrogens is 258 g/mol. The minimum Gasteiger partial charge on any atom is -0.323 e. The average molecular weight is 280 g/mol. The second-order valence-corrected chi connectivity index (χ2v) is 6.15. The molecule has 0 aromatic heterocycles. The first-order valence-electron chi connectivity index (χ1n) is 7.60. The summed E-state index contributed by atoms with van der Waals surface area (Å²) in [4.78, 5) is 2.39. The zero-order valence-corrected chi connectivity index (χ0v) is 11.7. The van der Waals surface area contributed by atoms with Gasteiger partial charge in [-0.05, 0) is 37.8 Å². The largest absolute Gasteiger partial charge is 0.323 e. The van der Waals surface area contributed by atoms with Crippen LogP contribution in [-0.4, -0.2) is 24.0 Å². The van der Waals surface area contributed by atoms with E-state index in [-0.39, 0.29) is 0 Å². The number of rotatable bonds is 3. The molecule has 3 atom stereocenters. The summed E-state index contributed by atoms with van der Waals surface area (Å²) in [6.07, 6.45) is 6.37. The Morgan fingerprint density at radius 3 is 2.85 bits per heavy atom. The molecule has 1 aliphatic heterocycles. The summed E-state index contributed by atoms with van der Waals surface area (Å²) < 4.78 is 27.1. The molecule has 20 heavy (non-hydrogen) atoms. The molecule has 0 spiro atoms. The van der Waals surface area contributed by atoms with Gasteiger partial charge in [-0.15, -0.1) is 0 Å². The van der Waals surface area contributed by atoms with E-state index in [1.165, 1.54) is 38.2 Å². The Bertz CT molecular complexity index is 478. The molecular formula is C16H22F2N2. The van der Waals surface area contributed by atoms with E-state index in [0.717, 1.165) is 18.5 Å². The van der Waals surface area contributed by atoms with Crippen LogP contribution in [0.1, 0.15) is 43.7 Å². The Labute approximate surface area is 118 Å². The molecule has 1 saturated heterocycles. The van der Waals surface area contributed by atoms with Crippen LogP contribution < -0.4 is 5.73 Å². The molecule has 2 N–H and O–H groups in total. The van der Waals surface area contributed by atoms with Crippen molar-refractivity contribution in [3.05, 3.63) is 35.4 Å². The summed E-state index contributed by atoms with van der Waals surface area (Å²) in [6, 6.07) is 4.41. The van der Waals surface area contributed by atoms with Gasteiger partial charge in [-0.1, -0.05) is 25.0 Å². The van der Waals surface area contributed by atoms with Gasteiger partial charge in [0.25, 0.3) is 0 Å². The molecule has 2 aliphatic rings. The maximum absolute atomic E-state index is 13.8. The van der Waals surface area contributed by atoms with Crippen LogP contribution in [0.2, 0.25) is 0 Å². The van der Waals surface area contributed by atoms with Crippen LogP contribution in [-0.2, 0) is 0 Å². The lowest BCUT2D eigenvalue weighted by Gasteiger charge is -2.33. The van der Waals surface area contributed by atoms with Gasteiger partial charge in [-0.25, -0.2) is 8.78 Å². The summed E-state index contributed by atoms with van der Waals surface area (Å²) >= 11 is 0. The fourth-order valence-electron chi connectivity index (χ4n) is 3.89. The predicted octanol–water partition coefficient (Wildman–Crippen LogP) is 3.23. The Morgan fingerprint density at radius 2 is 2.00 bits per heavy atom. The third-order valence-electron chi connectivity index (χ3n) is 4.94. The molecule has 2 nitrogen and oxygen atoms in total. The minimum absolute atomic E-state index is 0.296. The van der Waals surface area contributed by atoms with Gasteiger partial charge in [0, 0.05) is 24.2 Å². The SMILES string of the molecule is NC(CN1CCC2CCCCC21)c1cccc(F)c1F. The van der Waals surface area contributed by atoms with E-state index in [9.17, 15) is 8.78 Å². The van der Waals surface area contributed by atoms with Gasteiger partial charge in [0.2, 0.25) is 0 Å². The second-order valence-electron chi connectivity index (χ2n) is 6.15. The van der Waals surface area contributed by atoms with Crippen LogP contribution in [0.4, 0.5) is 8.78 Å². The first-order valence-corrected chi connectivity index (χ1v) is 7.60. The lowest BCUT2D eigenvalue weighted by atomic mass is 9.85. The molecule has 3 unspecified atom stereocenters. The maximum atomic E-state index is 13.8. The third kappa shape index (κ3) is 2.59. The highest BCUT2D eigenvalue weighted by molar-refractivity contribution is 5.22. The third-order valence-corrected chi connectivity index (χ3v) is 4.94. The molecule has 110 valence electrons. The van der Waals surface area contributed by atoms with Gasteiger partial charge in [0.15, 0.2) is 11.6 Å². The predicted molar refractivity (Wildman–Crippen MR) is 75.2 cm³/mol. The normalized spacial score (nSPS) is 28.4. The molecule has 4 heteroatoms. The molecule has 1 heterocycles. The molecule has 1 aromatic carbocycles. The highest BCUT2D eigenvalue weighted by Gasteiger charge is 2.36. The van der Waals surface area contributed by atoms with Crippen molar-refractivity contribution in [2.45, 2.75) is 44.2 Å². The Kier molecular flexibility index (Phi) is 4.03. The first kappa shape index (κ1) is 14.0. The van der Waals surface area contributed by atoms with Gasteiger partial charge in [0.05, 0.1) is 0 Å². The zero-order chi connectivity index (χ0) is 14.1. The Balaban J connectivity index is 1.69. The van der Waals surface area contributed by atoms with E-state index in [4.69, 9.17) is 5.73 Å². The van der Waals surface area contributed by atoms with Crippen LogP contribution in [0.25, 0.3) is 0 Å². The molecule has 0 radical (unpaired) electrons. The number of benzene rings is 1. The summed E-state index contributed by atoms with van der Waals surface area (Å²) in [7, 11) is 0. The van der Waals surface area contributed by atoms with E-state index in [2.05, 4.69) is 4.90 Å². The first-order chi connectivity index (χ1) is 9.66. The van der Waals surface area contributed by atoms with Crippen molar-refractivity contribution in [1.29, 1.82) is 0 Å². The van der Waals surface area contributed by atoms with E-state index >= 15 is 0 Å². The molecule has 1 aliphatic carbocycles. The number of likely N-dealkylation sites (tertiary alicyclic amines) is 1. The Hall–Kier alpha value is -1.00. The quantitative estimate of drug-likeness (QED) is 0.921. The van der Waals surface area contributed by atoms with Crippen LogP contribution in [0, 0.1) is 17.6 Å². The van der Waals surface area contributed by atoms with Crippen molar-refractivity contribution >= 4 is 0 Å². The highest BCUT2D eigenvalue weighted by atomic mass is 19.2. The van der Waals surface area contributed by atoms with Crippen LogP contribution >= 0.6 is 0 Å². The maximum Gasteiger partial charge on any atom is 0.163 e. The van der Waals surface area contributed by atoms with Crippen molar-refractivity contribution in [2.24, 2.45) is 11.7 Å². The number of hydrogen-bond donors (Lipinski definition) is 1. The Morgan fingerprint density at radius 1 is 1.20 bits per heavy atom. The smallest absolute Gasteiger partial charge is 0.163 e. The van der Waals surface area contributed by atoms with Crippen molar-refractivity contribution < 1.29 is 8.78 Å². The average Bonchev–Trinajstić information content (AvgIpc) is 2.85. The number of hydrogen-bond acceptors (Lipinski definition) is 2. The van der Waals surface area contributed by atoms with Gasteiger partial charge >= 0.3 is 0 Å². The van der Waals surface area contributed by atoms with Crippen LogP contribution in [0.15, 0.2) is 18.2 Å². The second kappa shape index (κ2) is 5.78. The molecule has 0 amide bonds. The van der Waals surface area contributed by atoms with Crippen LogP contribution in [0.5, 0.6) is 0 Å². The summed E-state index contributed by atoms with van der Waals surface area (Å²) in [5.74, 6) is -0.817. The van der Waals surface area contributed by atoms with E-state index in [1.807, 2.05) is 0 Å². The van der Waals surface area contributed by atoms with E-state index in [1.54, 1.807) is 6.07 Å². The van der Waals surface area contributed by atoms with Gasteiger partial charge < -0.3 is 5.73 Å². The van der Waals surface area contributed by atoms with Gasteiger partial charge in [0.1, 0.15) is 0 Å². The van der Waals surface area contributed by atoms with E-state index in [0.29, 0.717) is 18.2 Å². The monoisotopic (exact) mass is 280 g/mol. The number of nitrogens with zero attached hydrogens (tertiary/aromatic N) is 1. The van der Waals surface area contributed by atoms with Crippen molar-refractivity contribution in [3.63, 3.8) is 0 Å². The fourth-order valence-corrected chi connectivity index (χ4v) is 3.89. The summed E-state index contributed by atoms with van der Waals surface area (Å²) in [5.41, 5.74) is 6.41. The summed E-state index contributed by atoms with van der Waals surface area (Å²) in [6.45, 7) is 1.67. The highest BCUT2D eigenvalue weighted by Crippen LogP contribution is 2.36. The number of nitrogens with two attached hydrogens (primary N) is 1. The lowest BCUT2D eigenvalue weighted by Crippen LogP contribution is -2.39. The van der Waals surface area contributed by atoms with Gasteiger partial charge in [-0.3, -0.25) is 4.90 Å². The number of fused-ring (bicyclic) bond motifs is 1. The molecule has 1 aromatic rings. The number of halogens is 2. The zero-order valence-electron chi connectivity index (χ0n) is 11.7. The lowest BCUT2D eigenvalue weighted by molar-refractivity contribution is 0.173. The molecule has 0 bridgehead atoms. The van der Waals surface area contributed by atoms with E-state index < -0.39 is 17.7 Å². The fraction of sp³-hybridized carbons (Fsp3) is 0.625. The van der Waals surface area contributed by atoms with Crippen molar-refractivity contribution in [1.82, 2.24) is 4.90 Å². The van der Waals surface area contributed by atoms with Crippen molar-refractivity contribution in [2.75, 3.05) is 13.1 Å². The minimum atomic E-state index is -0.810. The van der Waals surface area contributed by atoms with Crippen molar-refractivity contribution in [3.8, 4) is 0 Å². The molecule has 3 rings (SSSR count). The van der Waals surface area contributed by atoms with Gasteiger partial charge in [-0.2, -0.15) is 0 Å². The summed E-state index contributed by atoms with van der Waals surface area (Å²) in [5, 5.41) is 0.